The van der Waals surface area contributed by atoms with Crippen molar-refractivity contribution < 1.29 is 4.79 Å². The highest BCUT2D eigenvalue weighted by molar-refractivity contribution is 9.10. The van der Waals surface area contributed by atoms with Crippen molar-refractivity contribution in [2.75, 3.05) is 18.0 Å². The zero-order valence-corrected chi connectivity index (χ0v) is 14.5. The molecule has 1 atom stereocenters. The van der Waals surface area contributed by atoms with Gasteiger partial charge in [-0.2, -0.15) is 0 Å². The Morgan fingerprint density at radius 2 is 2.22 bits per heavy atom. The number of carbonyl (C=O) groups excluding carboxylic acids is 1. The zero-order chi connectivity index (χ0) is 16.2. The summed E-state index contributed by atoms with van der Waals surface area (Å²) < 4.78 is 0.975. The topological polar surface area (TPSA) is 71.0 Å². The summed E-state index contributed by atoms with van der Waals surface area (Å²) in [4.78, 5) is 26.9. The van der Waals surface area contributed by atoms with Crippen LogP contribution in [0.3, 0.4) is 0 Å². The molecular weight excluding hydrogens is 358 g/mol. The van der Waals surface area contributed by atoms with Crippen LogP contribution < -0.4 is 10.2 Å². The molecule has 0 aromatic carbocycles. The summed E-state index contributed by atoms with van der Waals surface area (Å²) in [7, 11) is 0. The third-order valence-corrected chi connectivity index (χ3v) is 4.30. The molecule has 1 N–H and O–H groups in total. The normalized spacial score (nSPS) is 17.8. The predicted octanol–water partition coefficient (Wildman–Crippen LogP) is 2.34. The molecule has 6 nitrogen and oxygen atoms in total. The molecule has 0 aliphatic carbocycles. The molecule has 1 aliphatic rings. The van der Waals surface area contributed by atoms with Crippen molar-refractivity contribution in [1.82, 2.24) is 20.3 Å². The number of pyridine rings is 1. The van der Waals surface area contributed by atoms with Crippen molar-refractivity contribution in [3.8, 4) is 0 Å². The lowest BCUT2D eigenvalue weighted by Gasteiger charge is -2.34. The van der Waals surface area contributed by atoms with Crippen LogP contribution >= 0.6 is 15.9 Å². The molecule has 1 saturated heterocycles. The summed E-state index contributed by atoms with van der Waals surface area (Å²) in [6.07, 6.45) is 8.35. The van der Waals surface area contributed by atoms with E-state index in [-0.39, 0.29) is 11.9 Å². The molecule has 3 rings (SSSR count). The third-order valence-electron chi connectivity index (χ3n) is 3.87. The molecule has 1 amide bonds. The van der Waals surface area contributed by atoms with Crippen LogP contribution in [-0.4, -0.2) is 40.0 Å². The molecule has 120 valence electrons. The summed E-state index contributed by atoms with van der Waals surface area (Å²) >= 11 is 3.44. The molecule has 2 aromatic rings. The molecule has 0 spiro atoms. The smallest absolute Gasteiger partial charge is 0.271 e. The van der Waals surface area contributed by atoms with Crippen LogP contribution in [0.4, 0.5) is 5.82 Å². The van der Waals surface area contributed by atoms with Crippen molar-refractivity contribution in [1.29, 1.82) is 0 Å². The van der Waals surface area contributed by atoms with Crippen LogP contribution in [-0.2, 0) is 0 Å². The maximum absolute atomic E-state index is 12.2. The van der Waals surface area contributed by atoms with Crippen LogP contribution in [0, 0.1) is 6.92 Å². The second-order valence-electron chi connectivity index (χ2n) is 5.64. The van der Waals surface area contributed by atoms with E-state index in [1.165, 1.54) is 12.4 Å². The lowest BCUT2D eigenvalue weighted by atomic mass is 10.0. The third kappa shape index (κ3) is 3.85. The number of nitrogens with zero attached hydrogens (tertiary/aromatic N) is 4. The number of halogens is 1. The number of aryl methyl sites for hydroxylation is 1. The first-order chi connectivity index (χ1) is 11.1. The van der Waals surface area contributed by atoms with E-state index < -0.39 is 0 Å². The van der Waals surface area contributed by atoms with Gasteiger partial charge >= 0.3 is 0 Å². The highest BCUT2D eigenvalue weighted by Crippen LogP contribution is 2.24. The van der Waals surface area contributed by atoms with Crippen molar-refractivity contribution >= 4 is 27.7 Å². The molecule has 1 unspecified atom stereocenters. The first kappa shape index (κ1) is 15.9. The second-order valence-corrected chi connectivity index (χ2v) is 6.56. The number of rotatable bonds is 3. The van der Waals surface area contributed by atoms with Gasteiger partial charge in [-0.25, -0.2) is 9.97 Å². The van der Waals surface area contributed by atoms with Gasteiger partial charge in [-0.05, 0) is 47.3 Å². The van der Waals surface area contributed by atoms with Crippen LogP contribution in [0.25, 0.3) is 0 Å². The Hall–Kier alpha value is -2.02. The van der Waals surface area contributed by atoms with Crippen molar-refractivity contribution in [2.24, 2.45) is 0 Å². The van der Waals surface area contributed by atoms with Gasteiger partial charge in [0.25, 0.3) is 5.91 Å². The van der Waals surface area contributed by atoms with E-state index in [1.54, 1.807) is 6.20 Å². The summed E-state index contributed by atoms with van der Waals surface area (Å²) in [6, 6.07) is 2.15. The number of anilines is 1. The van der Waals surface area contributed by atoms with Gasteiger partial charge in [-0.3, -0.25) is 9.78 Å². The standard InChI is InChI=1S/C16H18BrN5O/c1-11-7-12(17)8-20-15(11)22-6-2-3-13(10-22)21-16(23)14-9-18-4-5-19-14/h4-5,7-9,13H,2-3,6,10H2,1H3,(H,21,23). The van der Waals surface area contributed by atoms with Gasteiger partial charge in [0.05, 0.1) is 6.20 Å². The molecule has 0 bridgehead atoms. The number of aromatic nitrogens is 3. The van der Waals surface area contributed by atoms with Crippen LogP contribution in [0.15, 0.2) is 35.3 Å². The highest BCUT2D eigenvalue weighted by Gasteiger charge is 2.24. The van der Waals surface area contributed by atoms with Gasteiger partial charge in [0.15, 0.2) is 0 Å². The van der Waals surface area contributed by atoms with Gasteiger partial charge in [0, 0.05) is 42.2 Å². The minimum absolute atomic E-state index is 0.0862. The van der Waals surface area contributed by atoms with E-state index in [9.17, 15) is 4.79 Å². The number of hydrogen-bond donors (Lipinski definition) is 1. The largest absolute Gasteiger partial charge is 0.354 e. The Bertz CT molecular complexity index is 694. The summed E-state index contributed by atoms with van der Waals surface area (Å²) in [6.45, 7) is 3.75. The van der Waals surface area contributed by atoms with E-state index >= 15 is 0 Å². The average Bonchev–Trinajstić information content (AvgIpc) is 2.56. The monoisotopic (exact) mass is 375 g/mol. The quantitative estimate of drug-likeness (QED) is 0.891. The van der Waals surface area contributed by atoms with Gasteiger partial charge < -0.3 is 10.2 Å². The molecular formula is C16H18BrN5O. The van der Waals surface area contributed by atoms with Gasteiger partial charge in [0.2, 0.25) is 0 Å². The molecule has 1 fully saturated rings. The molecule has 1 aliphatic heterocycles. The van der Waals surface area contributed by atoms with Gasteiger partial charge in [-0.15, -0.1) is 0 Å². The van der Waals surface area contributed by atoms with Crippen molar-refractivity contribution in [3.05, 3.63) is 46.6 Å². The van der Waals surface area contributed by atoms with E-state index in [2.05, 4.69) is 54.1 Å². The number of piperidine rings is 1. The fraction of sp³-hybridized carbons (Fsp3) is 0.375. The average molecular weight is 376 g/mol. The van der Waals surface area contributed by atoms with E-state index in [4.69, 9.17) is 0 Å². The Morgan fingerprint density at radius 1 is 1.35 bits per heavy atom. The fourth-order valence-electron chi connectivity index (χ4n) is 2.83. The van der Waals surface area contributed by atoms with E-state index in [0.29, 0.717) is 5.69 Å². The molecule has 0 radical (unpaired) electrons. The zero-order valence-electron chi connectivity index (χ0n) is 12.9. The Morgan fingerprint density at radius 3 is 2.96 bits per heavy atom. The van der Waals surface area contributed by atoms with Crippen LogP contribution in [0.5, 0.6) is 0 Å². The Labute approximate surface area is 143 Å². The van der Waals surface area contributed by atoms with Crippen LogP contribution in [0.1, 0.15) is 28.9 Å². The first-order valence-corrected chi connectivity index (χ1v) is 8.37. The predicted molar refractivity (Wildman–Crippen MR) is 91.4 cm³/mol. The molecule has 0 saturated carbocycles. The fourth-order valence-corrected chi connectivity index (χ4v) is 3.27. The highest BCUT2D eigenvalue weighted by atomic mass is 79.9. The Balaban J connectivity index is 1.67. The number of carbonyl (C=O) groups is 1. The van der Waals surface area contributed by atoms with Crippen molar-refractivity contribution in [3.63, 3.8) is 0 Å². The summed E-state index contributed by atoms with van der Waals surface area (Å²) in [5, 5.41) is 3.05. The maximum atomic E-state index is 12.2. The lowest BCUT2D eigenvalue weighted by molar-refractivity contribution is 0.0927. The second kappa shape index (κ2) is 7.04. The summed E-state index contributed by atoms with van der Waals surface area (Å²) in [5.74, 6) is 0.803. The lowest BCUT2D eigenvalue weighted by Crippen LogP contribution is -2.48. The Kier molecular flexibility index (Phi) is 4.85. The maximum Gasteiger partial charge on any atom is 0.271 e. The van der Waals surface area contributed by atoms with E-state index in [0.717, 1.165) is 41.8 Å². The minimum atomic E-state index is -0.176. The summed E-state index contributed by atoms with van der Waals surface area (Å²) in [5.41, 5.74) is 1.47. The SMILES string of the molecule is Cc1cc(Br)cnc1N1CCCC(NC(=O)c2cnccn2)C1. The van der Waals surface area contributed by atoms with Crippen molar-refractivity contribution in [2.45, 2.75) is 25.8 Å². The first-order valence-electron chi connectivity index (χ1n) is 7.57. The molecule has 2 aromatic heterocycles. The number of nitrogens with one attached hydrogen (secondary N) is 1. The molecule has 23 heavy (non-hydrogen) atoms. The minimum Gasteiger partial charge on any atom is -0.354 e. The molecule has 7 heteroatoms. The van der Waals surface area contributed by atoms with E-state index in [1.807, 2.05) is 6.20 Å². The molecule has 3 heterocycles. The van der Waals surface area contributed by atoms with Gasteiger partial charge in [0.1, 0.15) is 11.5 Å². The van der Waals surface area contributed by atoms with Crippen LogP contribution in [0.2, 0.25) is 0 Å². The number of hydrogen-bond acceptors (Lipinski definition) is 5. The number of amides is 1. The van der Waals surface area contributed by atoms with Gasteiger partial charge in [-0.1, -0.05) is 0 Å².